The number of likely N-dealkylation sites (tertiary alicyclic amines) is 1. The molecule has 0 radical (unpaired) electrons. The summed E-state index contributed by atoms with van der Waals surface area (Å²) in [7, 11) is 2.26. The van der Waals surface area contributed by atoms with Crippen molar-refractivity contribution in [3.05, 3.63) is 0 Å². The second kappa shape index (κ2) is 12.2. The van der Waals surface area contributed by atoms with Crippen molar-refractivity contribution in [2.45, 2.75) is 153 Å². The Balaban J connectivity index is 0.000000454. The lowest BCUT2D eigenvalue weighted by Crippen LogP contribution is -2.60. The number of nitrogens with zero attached hydrogens (tertiary/aromatic N) is 2. The third-order valence-corrected chi connectivity index (χ3v) is 11.3. The summed E-state index contributed by atoms with van der Waals surface area (Å²) in [5.74, 6) is 0.867. The molecule has 0 saturated carbocycles. The minimum Gasteiger partial charge on any atom is -0.393 e. The van der Waals surface area contributed by atoms with Crippen molar-refractivity contribution in [1.29, 1.82) is 0 Å². The summed E-state index contributed by atoms with van der Waals surface area (Å²) in [6.07, 6.45) is 3.62. The fraction of sp³-hybridized carbons (Fsp3) is 1.00. The average molecular weight is 457 g/mol. The molecule has 0 amide bonds. The second-order valence-corrected chi connectivity index (χ2v) is 17.0. The Morgan fingerprint density at radius 1 is 0.710 bits per heavy atom. The number of aliphatic hydroxyl groups excluding tert-OH is 1. The van der Waals surface area contributed by atoms with Gasteiger partial charge in [0.1, 0.15) is 0 Å². The van der Waals surface area contributed by atoms with Gasteiger partial charge in [-0.3, -0.25) is 4.90 Å². The van der Waals surface area contributed by atoms with Crippen LogP contribution in [0.1, 0.15) is 109 Å². The molecule has 2 aliphatic rings. The zero-order chi connectivity index (χ0) is 24.8. The highest BCUT2D eigenvalue weighted by molar-refractivity contribution is 6.58. The molecule has 0 aliphatic carbocycles. The largest absolute Gasteiger partial charge is 0.393 e. The molecule has 0 aromatic rings. The monoisotopic (exact) mass is 456 g/mol. The van der Waals surface area contributed by atoms with Crippen LogP contribution < -0.4 is 0 Å². The predicted octanol–water partition coefficient (Wildman–Crippen LogP) is 6.84. The highest BCUT2D eigenvalue weighted by Gasteiger charge is 2.44. The van der Waals surface area contributed by atoms with E-state index in [-0.39, 0.29) is 31.3 Å². The molecule has 2 rings (SSSR count). The fourth-order valence-corrected chi connectivity index (χ4v) is 7.69. The Labute approximate surface area is 200 Å². The Morgan fingerprint density at radius 2 is 1.03 bits per heavy atom. The van der Waals surface area contributed by atoms with E-state index in [2.05, 4.69) is 67.3 Å². The maximum Gasteiger partial charge on any atom is 0.261 e. The van der Waals surface area contributed by atoms with Gasteiger partial charge in [0.2, 0.25) is 0 Å². The van der Waals surface area contributed by atoms with Crippen LogP contribution in [0.2, 0.25) is 15.8 Å². The van der Waals surface area contributed by atoms with E-state index < -0.39 is 0 Å². The van der Waals surface area contributed by atoms with E-state index in [0.29, 0.717) is 23.9 Å². The van der Waals surface area contributed by atoms with E-state index in [4.69, 9.17) is 0 Å². The molecule has 2 aliphatic heterocycles. The Hall–Kier alpha value is 0.372. The van der Waals surface area contributed by atoms with Crippen molar-refractivity contribution >= 4 is 14.1 Å². The summed E-state index contributed by atoms with van der Waals surface area (Å²) in [4.78, 5) is 2.53. The smallest absolute Gasteiger partial charge is 0.261 e. The molecule has 0 spiro atoms. The molecule has 186 valence electrons. The van der Waals surface area contributed by atoms with Gasteiger partial charge in [-0.1, -0.05) is 43.5 Å². The van der Waals surface area contributed by atoms with Crippen molar-refractivity contribution in [2.24, 2.45) is 5.92 Å². The van der Waals surface area contributed by atoms with Gasteiger partial charge in [-0.15, -0.1) is 0 Å². The van der Waals surface area contributed by atoms with Crippen LogP contribution in [0.4, 0.5) is 0 Å². The Morgan fingerprint density at radius 3 is 1.29 bits per heavy atom. The summed E-state index contributed by atoms with van der Waals surface area (Å²) in [5.41, 5.74) is 0.116. The topological polar surface area (TPSA) is 46.9 Å². The first-order chi connectivity index (χ1) is 13.9. The Bertz CT molecular complexity index is 434. The minimum atomic E-state index is -0.318. The molecule has 0 aromatic heterocycles. The van der Waals surface area contributed by atoms with Gasteiger partial charge in [-0.2, -0.15) is 5.06 Å². The highest BCUT2D eigenvalue weighted by Crippen LogP contribution is 2.39. The van der Waals surface area contributed by atoms with E-state index in [1.807, 2.05) is 27.7 Å². The van der Waals surface area contributed by atoms with Gasteiger partial charge in [0.25, 0.3) is 14.1 Å². The molecule has 0 aromatic carbocycles. The summed E-state index contributed by atoms with van der Waals surface area (Å²) in [5, 5.41) is 25.2. The van der Waals surface area contributed by atoms with E-state index >= 15 is 0 Å². The number of hydroxylamine groups is 2. The molecule has 2 saturated heterocycles. The van der Waals surface area contributed by atoms with Crippen molar-refractivity contribution in [2.75, 3.05) is 7.05 Å². The van der Waals surface area contributed by atoms with E-state index in [9.17, 15) is 10.3 Å². The molecule has 31 heavy (non-hydrogen) atoms. The standard InChI is InChI=1S/C11H23N.C9H19NO2.3C2H5.Al/c1-9-7-10(2,3)12(6)11(4,5)8-9;1-8(2)5-7(11)6-9(3,4)10(8)12;3*1-2;/h9H,7-8H2,1-6H3;7,11-12H,5-6H2,1-4H3;3*1H2,2H3;. The van der Waals surface area contributed by atoms with Crippen LogP contribution in [-0.2, 0) is 0 Å². The van der Waals surface area contributed by atoms with E-state index in [1.54, 1.807) is 0 Å². The van der Waals surface area contributed by atoms with Crippen molar-refractivity contribution in [3.63, 3.8) is 0 Å². The number of hydrogen-bond acceptors (Lipinski definition) is 4. The third-order valence-electron chi connectivity index (χ3n) is 7.86. The van der Waals surface area contributed by atoms with Gasteiger partial charge in [0.05, 0.1) is 6.10 Å². The van der Waals surface area contributed by atoms with Gasteiger partial charge in [0.15, 0.2) is 0 Å². The summed E-state index contributed by atoms with van der Waals surface area (Å²) in [6.45, 7) is 26.5. The van der Waals surface area contributed by atoms with E-state index in [1.165, 1.54) is 33.8 Å². The van der Waals surface area contributed by atoms with Crippen LogP contribution in [0.3, 0.4) is 0 Å². The maximum absolute atomic E-state index is 9.80. The lowest BCUT2D eigenvalue weighted by atomic mass is 9.75. The van der Waals surface area contributed by atoms with Crippen LogP contribution in [-0.4, -0.2) is 69.7 Å². The molecule has 0 bridgehead atoms. The van der Waals surface area contributed by atoms with Crippen LogP contribution in [0.15, 0.2) is 0 Å². The zero-order valence-corrected chi connectivity index (χ0v) is 24.6. The third kappa shape index (κ3) is 9.64. The number of rotatable bonds is 3. The molecule has 0 atom stereocenters. The second-order valence-electron chi connectivity index (χ2n) is 12.8. The number of aliphatic hydroxyl groups is 1. The van der Waals surface area contributed by atoms with Gasteiger partial charge >= 0.3 is 0 Å². The van der Waals surface area contributed by atoms with Gasteiger partial charge in [-0.25, -0.2) is 0 Å². The van der Waals surface area contributed by atoms with Gasteiger partial charge < -0.3 is 10.3 Å². The van der Waals surface area contributed by atoms with Crippen molar-refractivity contribution < 1.29 is 10.3 Å². The van der Waals surface area contributed by atoms with Gasteiger partial charge in [0, 0.05) is 22.2 Å². The van der Waals surface area contributed by atoms with Crippen molar-refractivity contribution in [3.8, 4) is 0 Å². The minimum absolute atomic E-state index is 0.171. The quantitative estimate of drug-likeness (QED) is 0.457. The molecule has 5 heteroatoms. The predicted molar refractivity (Wildman–Crippen MR) is 139 cm³/mol. The fourth-order valence-electron chi connectivity index (χ4n) is 5.95. The van der Waals surface area contributed by atoms with Crippen LogP contribution in [0.25, 0.3) is 0 Å². The molecule has 0 unspecified atom stereocenters. The molecule has 2 N–H and O–H groups in total. The summed E-state index contributed by atoms with van der Waals surface area (Å²) in [6, 6.07) is 0. The average Bonchev–Trinajstić information content (AvgIpc) is 2.59. The van der Waals surface area contributed by atoms with Crippen LogP contribution in [0, 0.1) is 5.92 Å². The molecule has 2 heterocycles. The lowest BCUT2D eigenvalue weighted by Gasteiger charge is -2.53. The first-order valence-corrected chi connectivity index (χ1v) is 15.2. The number of hydrogen-bond donors (Lipinski definition) is 2. The summed E-state index contributed by atoms with van der Waals surface area (Å²) >= 11 is -0.171. The highest BCUT2D eigenvalue weighted by atomic mass is 27.2. The summed E-state index contributed by atoms with van der Waals surface area (Å²) < 4.78 is 0. The van der Waals surface area contributed by atoms with Gasteiger partial charge in [-0.05, 0) is 94.0 Å². The zero-order valence-electron chi connectivity index (χ0n) is 23.5. The van der Waals surface area contributed by atoms with E-state index in [0.717, 1.165) is 5.92 Å². The number of piperidine rings is 2. The first-order valence-electron chi connectivity index (χ1n) is 12.8. The molecular formula is C26H57AlN2O2. The first kappa shape index (κ1) is 31.4. The van der Waals surface area contributed by atoms with Crippen LogP contribution in [0.5, 0.6) is 0 Å². The lowest BCUT2D eigenvalue weighted by molar-refractivity contribution is -0.257. The molecule has 2 fully saturated rings. The maximum atomic E-state index is 9.80. The SMILES string of the molecule is CC1(C)CC(O)CC(C)(C)N1O.CC1CC(C)(C)N(C)C(C)(C)C1.C[CH2][Al]([CH2]C)[CH2]C. The molecule has 4 nitrogen and oxygen atoms in total. The normalized spacial score (nSPS) is 25.6. The van der Waals surface area contributed by atoms with Crippen LogP contribution >= 0.6 is 0 Å². The molecular weight excluding hydrogens is 399 g/mol. The van der Waals surface area contributed by atoms with Crippen molar-refractivity contribution in [1.82, 2.24) is 9.96 Å². The Kier molecular flexibility index (Phi) is 12.3.